The Morgan fingerprint density at radius 3 is 2.59 bits per heavy atom. The van der Waals surface area contributed by atoms with Gasteiger partial charge < -0.3 is 4.90 Å². The molecule has 1 aromatic heterocycles. The maximum absolute atomic E-state index is 4.33. The van der Waals surface area contributed by atoms with Crippen LogP contribution in [0.5, 0.6) is 0 Å². The number of rotatable bonds is 4. The van der Waals surface area contributed by atoms with Crippen LogP contribution in [0.1, 0.15) is 37.8 Å². The maximum atomic E-state index is 4.33. The van der Waals surface area contributed by atoms with E-state index in [0.29, 0.717) is 6.04 Å². The lowest BCUT2D eigenvalue weighted by atomic mass is 9.94. The molecule has 1 aromatic rings. The summed E-state index contributed by atoms with van der Waals surface area (Å²) in [4.78, 5) is 2.42. The molecule has 0 saturated heterocycles. The minimum absolute atomic E-state index is 0.651. The number of anilines is 1. The van der Waals surface area contributed by atoms with Gasteiger partial charge in [-0.15, -0.1) is 5.10 Å². The topological polar surface area (TPSA) is 29.0 Å². The monoisotopic (exact) mass is 297 g/mol. The van der Waals surface area contributed by atoms with Gasteiger partial charge in [0.2, 0.25) is 0 Å². The molecule has 1 aliphatic carbocycles. The predicted octanol–water partition coefficient (Wildman–Crippen LogP) is 3.32. The number of aromatic nitrogens is 2. The zero-order chi connectivity index (χ0) is 12.1. The SMILES string of the molecule is Cc1ccc(N(CCBr)C2CCCCC2)nn1. The number of halogens is 1. The van der Waals surface area contributed by atoms with Crippen molar-refractivity contribution in [3.05, 3.63) is 17.8 Å². The second-order valence-electron chi connectivity index (χ2n) is 4.71. The molecule has 0 aromatic carbocycles. The molecule has 2 rings (SSSR count). The highest BCUT2D eigenvalue weighted by Gasteiger charge is 2.21. The summed E-state index contributed by atoms with van der Waals surface area (Å²) in [5.74, 6) is 1.03. The molecule has 4 heteroatoms. The molecule has 94 valence electrons. The van der Waals surface area contributed by atoms with E-state index in [9.17, 15) is 0 Å². The number of aryl methyl sites for hydroxylation is 1. The molecule has 0 radical (unpaired) electrons. The Balaban J connectivity index is 2.12. The highest BCUT2D eigenvalue weighted by molar-refractivity contribution is 9.09. The van der Waals surface area contributed by atoms with Gasteiger partial charge in [0.15, 0.2) is 5.82 Å². The minimum Gasteiger partial charge on any atom is -0.351 e. The molecule has 0 spiro atoms. The average Bonchev–Trinajstić information content (AvgIpc) is 2.38. The van der Waals surface area contributed by atoms with Crippen molar-refractivity contribution >= 4 is 21.7 Å². The highest BCUT2D eigenvalue weighted by Crippen LogP contribution is 2.25. The summed E-state index contributed by atoms with van der Waals surface area (Å²) in [6.07, 6.45) is 6.68. The minimum atomic E-state index is 0.651. The fraction of sp³-hybridized carbons (Fsp3) is 0.692. The van der Waals surface area contributed by atoms with E-state index >= 15 is 0 Å². The van der Waals surface area contributed by atoms with Crippen molar-refractivity contribution in [3.8, 4) is 0 Å². The quantitative estimate of drug-likeness (QED) is 0.799. The van der Waals surface area contributed by atoms with Crippen LogP contribution in [0.4, 0.5) is 5.82 Å². The summed E-state index contributed by atoms with van der Waals surface area (Å²) in [7, 11) is 0. The molecule has 0 atom stereocenters. The second-order valence-corrected chi connectivity index (χ2v) is 5.50. The summed E-state index contributed by atoms with van der Waals surface area (Å²) in [6.45, 7) is 2.99. The van der Waals surface area contributed by atoms with E-state index in [1.54, 1.807) is 0 Å². The summed E-state index contributed by atoms with van der Waals surface area (Å²) in [5.41, 5.74) is 0.983. The van der Waals surface area contributed by atoms with E-state index in [1.165, 1.54) is 32.1 Å². The van der Waals surface area contributed by atoms with Crippen LogP contribution in [0.3, 0.4) is 0 Å². The first-order valence-corrected chi connectivity index (χ1v) is 7.56. The zero-order valence-corrected chi connectivity index (χ0v) is 12.0. The van der Waals surface area contributed by atoms with E-state index in [-0.39, 0.29) is 0 Å². The van der Waals surface area contributed by atoms with Crippen LogP contribution in [-0.4, -0.2) is 28.1 Å². The largest absolute Gasteiger partial charge is 0.351 e. The summed E-state index contributed by atoms with van der Waals surface area (Å²) in [6, 6.07) is 4.80. The third kappa shape index (κ3) is 3.41. The zero-order valence-electron chi connectivity index (χ0n) is 10.4. The third-order valence-corrected chi connectivity index (χ3v) is 3.77. The van der Waals surface area contributed by atoms with Gasteiger partial charge in [0.25, 0.3) is 0 Å². The van der Waals surface area contributed by atoms with Crippen molar-refractivity contribution in [2.24, 2.45) is 0 Å². The van der Waals surface area contributed by atoms with Gasteiger partial charge in [0, 0.05) is 17.9 Å². The van der Waals surface area contributed by atoms with Gasteiger partial charge in [-0.1, -0.05) is 35.2 Å². The molecule has 0 unspecified atom stereocenters. The van der Waals surface area contributed by atoms with Crippen LogP contribution in [0.25, 0.3) is 0 Å². The molecule has 0 amide bonds. The Morgan fingerprint density at radius 2 is 2.00 bits per heavy atom. The van der Waals surface area contributed by atoms with Gasteiger partial charge in [-0.05, 0) is 31.9 Å². The van der Waals surface area contributed by atoms with Crippen molar-refractivity contribution in [2.75, 3.05) is 16.8 Å². The molecule has 1 saturated carbocycles. The lowest BCUT2D eigenvalue weighted by molar-refractivity contribution is 0.416. The Kier molecular flexibility index (Phi) is 4.77. The van der Waals surface area contributed by atoms with Crippen LogP contribution in [-0.2, 0) is 0 Å². The molecular weight excluding hydrogens is 278 g/mol. The highest BCUT2D eigenvalue weighted by atomic mass is 79.9. The van der Waals surface area contributed by atoms with E-state index in [4.69, 9.17) is 0 Å². The Labute approximate surface area is 112 Å². The maximum Gasteiger partial charge on any atom is 0.151 e. The summed E-state index contributed by atoms with van der Waals surface area (Å²) >= 11 is 3.54. The molecule has 0 bridgehead atoms. The van der Waals surface area contributed by atoms with Crippen LogP contribution < -0.4 is 4.90 Å². The lowest BCUT2D eigenvalue weighted by Crippen LogP contribution is -2.38. The van der Waals surface area contributed by atoms with Gasteiger partial charge in [0.05, 0.1) is 5.69 Å². The van der Waals surface area contributed by atoms with Gasteiger partial charge in [-0.3, -0.25) is 0 Å². The van der Waals surface area contributed by atoms with E-state index in [2.05, 4.69) is 37.1 Å². The van der Waals surface area contributed by atoms with Crippen molar-refractivity contribution in [2.45, 2.75) is 45.1 Å². The normalized spacial score (nSPS) is 17.1. The van der Waals surface area contributed by atoms with E-state index in [1.807, 2.05) is 13.0 Å². The smallest absolute Gasteiger partial charge is 0.151 e. The lowest BCUT2D eigenvalue weighted by Gasteiger charge is -2.34. The fourth-order valence-electron chi connectivity index (χ4n) is 2.51. The number of hydrogen-bond donors (Lipinski definition) is 0. The first-order valence-electron chi connectivity index (χ1n) is 6.44. The molecule has 3 nitrogen and oxygen atoms in total. The fourth-order valence-corrected chi connectivity index (χ4v) is 2.90. The van der Waals surface area contributed by atoms with Crippen LogP contribution in [0.15, 0.2) is 12.1 Å². The average molecular weight is 298 g/mol. The number of hydrogen-bond acceptors (Lipinski definition) is 3. The Hall–Kier alpha value is -0.640. The summed E-state index contributed by atoms with van der Waals surface area (Å²) in [5, 5.41) is 9.48. The summed E-state index contributed by atoms with van der Waals surface area (Å²) < 4.78 is 0. The van der Waals surface area contributed by atoms with Gasteiger partial charge >= 0.3 is 0 Å². The molecule has 1 fully saturated rings. The third-order valence-electron chi connectivity index (χ3n) is 3.42. The second kappa shape index (κ2) is 6.34. The van der Waals surface area contributed by atoms with Crippen LogP contribution >= 0.6 is 15.9 Å². The van der Waals surface area contributed by atoms with Crippen LogP contribution in [0, 0.1) is 6.92 Å². The van der Waals surface area contributed by atoms with Gasteiger partial charge in [-0.25, -0.2) is 0 Å². The van der Waals surface area contributed by atoms with E-state index < -0.39 is 0 Å². The first-order chi connectivity index (χ1) is 8.31. The molecule has 1 aliphatic rings. The molecular formula is C13H20BrN3. The Morgan fingerprint density at radius 1 is 1.24 bits per heavy atom. The van der Waals surface area contributed by atoms with Crippen molar-refractivity contribution < 1.29 is 0 Å². The van der Waals surface area contributed by atoms with Crippen molar-refractivity contribution in [3.63, 3.8) is 0 Å². The predicted molar refractivity (Wildman–Crippen MR) is 74.8 cm³/mol. The number of nitrogens with zero attached hydrogens (tertiary/aromatic N) is 3. The standard InChI is InChI=1S/C13H20BrN3/c1-11-7-8-13(16-15-11)17(10-9-14)12-5-3-2-4-6-12/h7-8,12H,2-6,9-10H2,1H3. The van der Waals surface area contributed by atoms with Crippen molar-refractivity contribution in [1.82, 2.24) is 10.2 Å². The van der Waals surface area contributed by atoms with Crippen molar-refractivity contribution in [1.29, 1.82) is 0 Å². The molecule has 0 aliphatic heterocycles. The number of alkyl halides is 1. The van der Waals surface area contributed by atoms with Gasteiger partial charge in [0.1, 0.15) is 0 Å². The molecule has 0 N–H and O–H groups in total. The Bertz CT molecular complexity index is 333. The van der Waals surface area contributed by atoms with Crippen LogP contribution in [0.2, 0.25) is 0 Å². The molecule has 1 heterocycles. The van der Waals surface area contributed by atoms with Gasteiger partial charge in [-0.2, -0.15) is 5.10 Å². The molecule has 17 heavy (non-hydrogen) atoms. The first kappa shape index (κ1) is 12.8. The van der Waals surface area contributed by atoms with E-state index in [0.717, 1.165) is 23.4 Å².